The molecule has 0 saturated heterocycles. The first-order valence-corrected chi connectivity index (χ1v) is 5.16. The van der Waals surface area contributed by atoms with Gasteiger partial charge in [-0.2, -0.15) is 13.2 Å². The summed E-state index contributed by atoms with van der Waals surface area (Å²) in [4.78, 5) is 12.5. The lowest BCUT2D eigenvalue weighted by Gasteiger charge is -2.29. The van der Waals surface area contributed by atoms with Gasteiger partial charge >= 0.3 is 12.3 Å². The summed E-state index contributed by atoms with van der Waals surface area (Å²) in [7, 11) is 0. The summed E-state index contributed by atoms with van der Waals surface area (Å²) in [6.07, 6.45) is -4.09. The van der Waals surface area contributed by atoms with Gasteiger partial charge in [0.15, 0.2) is 0 Å². The Morgan fingerprint density at radius 2 is 1.88 bits per heavy atom. The van der Waals surface area contributed by atoms with Crippen LogP contribution >= 0.6 is 0 Å². The second kappa shape index (κ2) is 4.27. The highest BCUT2D eigenvalue weighted by atomic mass is 19.4. The molecule has 0 atom stereocenters. The number of carbonyl (C=O) groups excluding carboxylic acids is 1. The minimum absolute atomic E-state index is 0.220. The van der Waals surface area contributed by atoms with Gasteiger partial charge in [0.1, 0.15) is 0 Å². The van der Waals surface area contributed by atoms with Crippen molar-refractivity contribution in [1.29, 1.82) is 0 Å². The number of alkyl halides is 3. The molecule has 2 rings (SSSR count). The number of hydrogen-bond donors (Lipinski definition) is 1. The third-order valence-electron chi connectivity index (χ3n) is 2.67. The van der Waals surface area contributed by atoms with Gasteiger partial charge < -0.3 is 4.90 Å². The summed E-state index contributed by atoms with van der Waals surface area (Å²) < 4.78 is 36.0. The molecule has 0 aromatic heterocycles. The Hall–Kier alpha value is -1.72. The fourth-order valence-corrected chi connectivity index (χ4v) is 1.87. The molecule has 2 amide bonds. The normalized spacial score (nSPS) is 15.4. The highest BCUT2D eigenvalue weighted by Crippen LogP contribution is 2.19. The van der Waals surface area contributed by atoms with Crippen LogP contribution in [0.3, 0.4) is 0 Å². The first kappa shape index (κ1) is 11.8. The number of urea groups is 1. The van der Waals surface area contributed by atoms with Gasteiger partial charge in [-0.1, -0.05) is 24.3 Å². The summed E-state index contributed by atoms with van der Waals surface area (Å²) in [6.45, 7) is 0.525. The highest BCUT2D eigenvalue weighted by molar-refractivity contribution is 5.74. The third kappa shape index (κ3) is 2.89. The smallest absolute Gasteiger partial charge is 0.320 e. The van der Waals surface area contributed by atoms with Crippen molar-refractivity contribution in [3.63, 3.8) is 0 Å². The lowest BCUT2D eigenvalue weighted by molar-refractivity contribution is -0.147. The highest BCUT2D eigenvalue weighted by Gasteiger charge is 2.33. The maximum Gasteiger partial charge on any atom is 0.485 e. The molecule has 17 heavy (non-hydrogen) atoms. The van der Waals surface area contributed by atoms with E-state index < -0.39 is 12.3 Å². The van der Waals surface area contributed by atoms with E-state index in [4.69, 9.17) is 0 Å². The van der Waals surface area contributed by atoms with Crippen molar-refractivity contribution in [2.75, 3.05) is 6.54 Å². The van der Waals surface area contributed by atoms with Crippen molar-refractivity contribution >= 4 is 6.03 Å². The zero-order valence-electron chi connectivity index (χ0n) is 8.92. The summed E-state index contributed by atoms with van der Waals surface area (Å²) in [5, 5.41) is 1.01. The van der Waals surface area contributed by atoms with E-state index >= 15 is 0 Å². The lowest BCUT2D eigenvalue weighted by Crippen LogP contribution is -2.48. The molecule has 0 fully saturated rings. The maximum atomic E-state index is 12.0. The first-order chi connectivity index (χ1) is 7.96. The molecule has 0 unspecified atom stereocenters. The topological polar surface area (TPSA) is 32.3 Å². The van der Waals surface area contributed by atoms with Gasteiger partial charge in [0, 0.05) is 13.1 Å². The van der Waals surface area contributed by atoms with Gasteiger partial charge in [-0.25, -0.2) is 10.1 Å². The number of fused-ring (bicyclic) bond motifs is 1. The van der Waals surface area contributed by atoms with Gasteiger partial charge in [0.25, 0.3) is 0 Å². The molecule has 0 saturated carbocycles. The number of nitrogens with zero attached hydrogens (tertiary/aromatic N) is 1. The average Bonchev–Trinajstić information content (AvgIpc) is 2.26. The van der Waals surface area contributed by atoms with E-state index in [-0.39, 0.29) is 6.54 Å². The second-order valence-corrected chi connectivity index (χ2v) is 3.87. The van der Waals surface area contributed by atoms with Crippen molar-refractivity contribution < 1.29 is 18.0 Å². The van der Waals surface area contributed by atoms with Gasteiger partial charge in [-0.15, -0.1) is 0 Å². The summed E-state index contributed by atoms with van der Waals surface area (Å²) in [6, 6.07) is 6.34. The number of rotatable bonds is 0. The molecule has 1 aromatic carbocycles. The molecule has 0 radical (unpaired) electrons. The van der Waals surface area contributed by atoms with Crippen molar-refractivity contribution in [2.24, 2.45) is 0 Å². The first-order valence-electron chi connectivity index (χ1n) is 5.16. The average molecular weight is 244 g/mol. The van der Waals surface area contributed by atoms with Crippen LogP contribution in [0, 0.1) is 0 Å². The van der Waals surface area contributed by atoms with E-state index in [1.807, 2.05) is 24.3 Å². The molecule has 0 bridgehead atoms. The summed E-state index contributed by atoms with van der Waals surface area (Å²) >= 11 is 0. The van der Waals surface area contributed by atoms with Crippen LogP contribution < -0.4 is 5.32 Å². The quantitative estimate of drug-likeness (QED) is 0.698. The molecule has 1 aliphatic rings. The van der Waals surface area contributed by atoms with Crippen LogP contribution in [0.2, 0.25) is 0 Å². The third-order valence-corrected chi connectivity index (χ3v) is 2.67. The van der Waals surface area contributed by atoms with E-state index in [0.29, 0.717) is 13.0 Å². The molecule has 0 spiro atoms. The van der Waals surface area contributed by atoms with Crippen LogP contribution in [0.15, 0.2) is 24.3 Å². The maximum absolute atomic E-state index is 12.0. The number of benzene rings is 1. The van der Waals surface area contributed by atoms with E-state index in [1.54, 1.807) is 0 Å². The predicted octanol–water partition coefficient (Wildman–Crippen LogP) is 2.27. The Labute approximate surface area is 96.2 Å². The van der Waals surface area contributed by atoms with Crippen LogP contribution in [-0.2, 0) is 13.0 Å². The SMILES string of the molecule is O=C(NC(F)(F)F)N1CCc2ccccc2C1. The van der Waals surface area contributed by atoms with Gasteiger partial charge in [0.05, 0.1) is 0 Å². The number of hydrogen-bond acceptors (Lipinski definition) is 1. The monoisotopic (exact) mass is 244 g/mol. The van der Waals surface area contributed by atoms with Crippen LogP contribution in [0.1, 0.15) is 11.1 Å². The number of carbonyl (C=O) groups is 1. The Bertz CT molecular complexity index is 431. The fourth-order valence-electron chi connectivity index (χ4n) is 1.87. The molecule has 3 nitrogen and oxygen atoms in total. The number of nitrogens with one attached hydrogen (secondary N) is 1. The van der Waals surface area contributed by atoms with Crippen LogP contribution in [0.5, 0.6) is 0 Å². The van der Waals surface area contributed by atoms with E-state index in [9.17, 15) is 18.0 Å². The largest absolute Gasteiger partial charge is 0.485 e. The van der Waals surface area contributed by atoms with Gasteiger partial charge in [0.2, 0.25) is 0 Å². The standard InChI is InChI=1S/C11H11F3N2O/c12-11(13,14)15-10(17)16-6-5-8-3-1-2-4-9(8)7-16/h1-4H,5-7H2,(H,15,17). The molecule has 1 heterocycles. The van der Waals surface area contributed by atoms with Crippen molar-refractivity contribution in [3.8, 4) is 0 Å². The van der Waals surface area contributed by atoms with E-state index in [0.717, 1.165) is 21.3 Å². The molecule has 92 valence electrons. The molecule has 1 N–H and O–H groups in total. The van der Waals surface area contributed by atoms with Crippen molar-refractivity contribution in [2.45, 2.75) is 19.3 Å². The Balaban J connectivity index is 2.05. The van der Waals surface area contributed by atoms with Gasteiger partial charge in [-0.05, 0) is 17.5 Å². The summed E-state index contributed by atoms with van der Waals surface area (Å²) in [5.41, 5.74) is 1.99. The van der Waals surface area contributed by atoms with E-state index in [2.05, 4.69) is 0 Å². The van der Waals surface area contributed by atoms with Gasteiger partial charge in [-0.3, -0.25) is 0 Å². The van der Waals surface area contributed by atoms with Crippen molar-refractivity contribution in [1.82, 2.24) is 10.2 Å². The molecular weight excluding hydrogens is 233 g/mol. The Morgan fingerprint density at radius 1 is 1.24 bits per heavy atom. The minimum Gasteiger partial charge on any atom is -0.320 e. The zero-order chi connectivity index (χ0) is 12.5. The van der Waals surface area contributed by atoms with Crippen molar-refractivity contribution in [3.05, 3.63) is 35.4 Å². The van der Waals surface area contributed by atoms with E-state index in [1.165, 1.54) is 0 Å². The number of amides is 2. The van der Waals surface area contributed by atoms with Crippen LogP contribution in [-0.4, -0.2) is 23.8 Å². The number of halogens is 3. The molecule has 0 aliphatic carbocycles. The Morgan fingerprint density at radius 3 is 2.53 bits per heavy atom. The second-order valence-electron chi connectivity index (χ2n) is 3.87. The molecule has 6 heteroatoms. The van der Waals surface area contributed by atoms with Crippen LogP contribution in [0.25, 0.3) is 0 Å². The van der Waals surface area contributed by atoms with Crippen LogP contribution in [0.4, 0.5) is 18.0 Å². The lowest BCUT2D eigenvalue weighted by atomic mass is 10.0. The molecular formula is C11H11F3N2O. The minimum atomic E-state index is -4.67. The fraction of sp³-hybridized carbons (Fsp3) is 0.364. The zero-order valence-corrected chi connectivity index (χ0v) is 8.92. The predicted molar refractivity (Wildman–Crippen MR) is 55.1 cm³/mol. The summed E-state index contributed by atoms with van der Waals surface area (Å²) in [5.74, 6) is 0. The molecule has 1 aliphatic heterocycles. The molecule has 1 aromatic rings. The Kier molecular flexibility index (Phi) is 2.95.